The number of rotatable bonds is 9. The van der Waals surface area contributed by atoms with Gasteiger partial charge in [0, 0.05) is 12.2 Å². The molecule has 7 heteroatoms. The van der Waals surface area contributed by atoms with Gasteiger partial charge in [0.2, 0.25) is 5.75 Å². The van der Waals surface area contributed by atoms with Gasteiger partial charge in [0.05, 0.1) is 27.8 Å². The minimum absolute atomic E-state index is 0.0263. The van der Waals surface area contributed by atoms with Gasteiger partial charge in [-0.2, -0.15) is 0 Å². The summed E-state index contributed by atoms with van der Waals surface area (Å²) in [6, 6.07) is 12.6. The minimum Gasteiger partial charge on any atom is -0.493 e. The Bertz CT molecular complexity index is 781. The molecule has 0 fully saturated rings. The van der Waals surface area contributed by atoms with Crippen molar-refractivity contribution in [2.24, 2.45) is 0 Å². The number of amides is 1. The van der Waals surface area contributed by atoms with Gasteiger partial charge in [0.25, 0.3) is 5.91 Å². The van der Waals surface area contributed by atoms with E-state index in [0.717, 1.165) is 5.69 Å². The van der Waals surface area contributed by atoms with Crippen LogP contribution in [0, 0.1) is 0 Å². The van der Waals surface area contributed by atoms with Crippen LogP contribution in [0.4, 0.5) is 5.69 Å². The molecule has 0 aliphatic carbocycles. The van der Waals surface area contributed by atoms with Gasteiger partial charge >= 0.3 is 5.97 Å². The summed E-state index contributed by atoms with van der Waals surface area (Å²) in [6.45, 7) is 2.02. The van der Waals surface area contributed by atoms with E-state index in [1.807, 2.05) is 37.3 Å². The lowest BCUT2D eigenvalue weighted by Gasteiger charge is -2.20. The normalized spacial score (nSPS) is 10.1. The van der Waals surface area contributed by atoms with Crippen molar-refractivity contribution in [1.82, 2.24) is 0 Å². The third-order valence-corrected chi connectivity index (χ3v) is 4.11. The number of methoxy groups -OCH3 is 3. The fraction of sp³-hybridized carbons (Fsp3) is 0.333. The van der Waals surface area contributed by atoms with Crippen molar-refractivity contribution < 1.29 is 28.5 Å². The second-order valence-electron chi connectivity index (χ2n) is 5.84. The second kappa shape index (κ2) is 10.2. The lowest BCUT2D eigenvalue weighted by atomic mass is 10.1. The number of hydrogen-bond acceptors (Lipinski definition) is 6. The zero-order valence-corrected chi connectivity index (χ0v) is 16.6. The van der Waals surface area contributed by atoms with Crippen LogP contribution in [-0.4, -0.2) is 46.4 Å². The van der Waals surface area contributed by atoms with Gasteiger partial charge in [-0.25, -0.2) is 0 Å². The van der Waals surface area contributed by atoms with E-state index in [1.54, 1.807) is 17.0 Å². The molecule has 0 spiro atoms. The number of benzene rings is 2. The van der Waals surface area contributed by atoms with Crippen LogP contribution >= 0.6 is 0 Å². The third-order valence-electron chi connectivity index (χ3n) is 4.11. The largest absolute Gasteiger partial charge is 0.493 e. The van der Waals surface area contributed by atoms with Gasteiger partial charge in [-0.3, -0.25) is 9.59 Å². The molecule has 7 nitrogen and oxygen atoms in total. The molecule has 0 saturated carbocycles. The molecule has 0 bridgehead atoms. The molecule has 0 N–H and O–H groups in total. The Morgan fingerprint density at radius 1 is 0.929 bits per heavy atom. The van der Waals surface area contributed by atoms with Crippen LogP contribution in [0.2, 0.25) is 0 Å². The first-order chi connectivity index (χ1) is 13.5. The maximum Gasteiger partial charge on any atom is 0.310 e. The predicted molar refractivity (Wildman–Crippen MR) is 105 cm³/mol. The first-order valence-electron chi connectivity index (χ1n) is 8.83. The Morgan fingerprint density at radius 3 is 2.04 bits per heavy atom. The van der Waals surface area contributed by atoms with Gasteiger partial charge in [0.1, 0.15) is 0 Å². The van der Waals surface area contributed by atoms with E-state index in [-0.39, 0.29) is 18.9 Å². The van der Waals surface area contributed by atoms with Gasteiger partial charge in [-0.1, -0.05) is 18.2 Å². The van der Waals surface area contributed by atoms with Crippen LogP contribution in [-0.2, 0) is 20.7 Å². The molecule has 0 aromatic heterocycles. The number of para-hydroxylation sites is 1. The standard InChI is InChI=1S/C21H25NO6/c1-5-22(16-9-7-6-8-10-16)19(23)14-28-20(24)13-15-11-17(25-2)21(27-4)18(12-15)26-3/h6-12H,5,13-14H2,1-4H3. The quantitative estimate of drug-likeness (QED) is 0.616. The van der Waals surface area contributed by atoms with Gasteiger partial charge in [-0.15, -0.1) is 0 Å². The highest BCUT2D eigenvalue weighted by molar-refractivity contribution is 5.95. The Kier molecular flexibility index (Phi) is 7.68. The number of esters is 1. The number of anilines is 1. The van der Waals surface area contributed by atoms with Crippen LogP contribution in [0.15, 0.2) is 42.5 Å². The third kappa shape index (κ3) is 5.16. The molecular formula is C21H25NO6. The van der Waals surface area contributed by atoms with Gasteiger partial charge in [-0.05, 0) is 36.8 Å². The summed E-state index contributed by atoms with van der Waals surface area (Å²) >= 11 is 0. The van der Waals surface area contributed by atoms with E-state index in [1.165, 1.54) is 21.3 Å². The summed E-state index contributed by atoms with van der Waals surface area (Å²) in [7, 11) is 4.51. The van der Waals surface area contributed by atoms with E-state index in [4.69, 9.17) is 18.9 Å². The lowest BCUT2D eigenvalue weighted by Crippen LogP contribution is -2.34. The first kappa shape index (κ1) is 21.1. The number of ether oxygens (including phenoxy) is 4. The summed E-state index contributed by atoms with van der Waals surface area (Å²) in [4.78, 5) is 26.2. The molecule has 0 aliphatic heterocycles. The van der Waals surface area contributed by atoms with Crippen molar-refractivity contribution in [3.05, 3.63) is 48.0 Å². The fourth-order valence-electron chi connectivity index (χ4n) is 2.79. The number of carbonyl (C=O) groups excluding carboxylic acids is 2. The molecule has 0 radical (unpaired) electrons. The molecule has 2 rings (SSSR count). The average molecular weight is 387 g/mol. The summed E-state index contributed by atoms with van der Waals surface area (Å²) < 4.78 is 21.0. The summed E-state index contributed by atoms with van der Waals surface area (Å²) in [6.07, 6.45) is -0.0263. The Balaban J connectivity index is 2.01. The highest BCUT2D eigenvalue weighted by Crippen LogP contribution is 2.38. The number of nitrogens with zero attached hydrogens (tertiary/aromatic N) is 1. The zero-order valence-electron chi connectivity index (χ0n) is 16.6. The molecule has 0 aliphatic rings. The van der Waals surface area contributed by atoms with E-state index in [2.05, 4.69) is 0 Å². The average Bonchev–Trinajstić information content (AvgIpc) is 2.72. The fourth-order valence-corrected chi connectivity index (χ4v) is 2.79. The SMILES string of the molecule is CCN(C(=O)COC(=O)Cc1cc(OC)c(OC)c(OC)c1)c1ccccc1. The maximum absolute atomic E-state index is 12.4. The van der Waals surface area contributed by atoms with Crippen LogP contribution in [0.25, 0.3) is 0 Å². The van der Waals surface area contributed by atoms with Crippen molar-refractivity contribution in [2.45, 2.75) is 13.3 Å². The van der Waals surface area contributed by atoms with Crippen molar-refractivity contribution in [3.63, 3.8) is 0 Å². The molecule has 0 atom stereocenters. The highest BCUT2D eigenvalue weighted by Gasteiger charge is 2.18. The predicted octanol–water partition coefficient (Wildman–Crippen LogP) is 2.85. The molecule has 28 heavy (non-hydrogen) atoms. The molecule has 0 saturated heterocycles. The van der Waals surface area contributed by atoms with Crippen molar-refractivity contribution in [1.29, 1.82) is 0 Å². The molecule has 2 aromatic carbocycles. The summed E-state index contributed by atoms with van der Waals surface area (Å²) in [5.41, 5.74) is 1.39. The molecule has 1 amide bonds. The second-order valence-corrected chi connectivity index (χ2v) is 5.84. The first-order valence-corrected chi connectivity index (χ1v) is 8.83. The smallest absolute Gasteiger partial charge is 0.310 e. The van der Waals surface area contributed by atoms with Crippen LogP contribution in [0.3, 0.4) is 0 Å². The monoisotopic (exact) mass is 387 g/mol. The van der Waals surface area contributed by atoms with Crippen LogP contribution in [0.1, 0.15) is 12.5 Å². The molecule has 150 valence electrons. The Labute approximate surface area is 164 Å². The zero-order chi connectivity index (χ0) is 20.5. The molecule has 0 unspecified atom stereocenters. The molecular weight excluding hydrogens is 362 g/mol. The number of carbonyl (C=O) groups is 2. The van der Waals surface area contributed by atoms with Crippen LogP contribution < -0.4 is 19.1 Å². The summed E-state index contributed by atoms with van der Waals surface area (Å²) in [5, 5.41) is 0. The molecule has 0 heterocycles. The van der Waals surface area contributed by atoms with Crippen molar-refractivity contribution >= 4 is 17.6 Å². The Hall–Kier alpha value is -3.22. The van der Waals surface area contributed by atoms with E-state index < -0.39 is 5.97 Å². The number of hydrogen-bond donors (Lipinski definition) is 0. The topological polar surface area (TPSA) is 74.3 Å². The van der Waals surface area contributed by atoms with E-state index in [0.29, 0.717) is 29.4 Å². The van der Waals surface area contributed by atoms with E-state index in [9.17, 15) is 9.59 Å². The molecule has 2 aromatic rings. The van der Waals surface area contributed by atoms with Crippen molar-refractivity contribution in [2.75, 3.05) is 39.4 Å². The van der Waals surface area contributed by atoms with Gasteiger partial charge < -0.3 is 23.8 Å². The van der Waals surface area contributed by atoms with Crippen LogP contribution in [0.5, 0.6) is 17.2 Å². The summed E-state index contributed by atoms with van der Waals surface area (Å²) in [5.74, 6) is 0.529. The Morgan fingerprint density at radius 2 is 1.54 bits per heavy atom. The minimum atomic E-state index is -0.522. The number of likely N-dealkylation sites (N-methyl/N-ethyl adjacent to an activating group) is 1. The lowest BCUT2D eigenvalue weighted by molar-refractivity contribution is -0.147. The van der Waals surface area contributed by atoms with Crippen molar-refractivity contribution in [3.8, 4) is 17.2 Å². The highest BCUT2D eigenvalue weighted by atomic mass is 16.5. The van der Waals surface area contributed by atoms with E-state index >= 15 is 0 Å². The van der Waals surface area contributed by atoms with Gasteiger partial charge in [0.15, 0.2) is 18.1 Å². The maximum atomic E-state index is 12.4.